The number of hydrogen-bond acceptors (Lipinski definition) is 14. The van der Waals surface area contributed by atoms with Crippen LogP contribution in [0, 0.1) is 29.6 Å². The van der Waals surface area contributed by atoms with Crippen molar-refractivity contribution >= 4 is 41.0 Å². The Morgan fingerprint density at radius 2 is 1.59 bits per heavy atom. The SMILES string of the molecule is CC1(C)CC(CNC2=CC(CC3(C)CC(CNc4cccc(C5=NC(NC(=O)[C@@H]6CCCNC6)=NCC5)n4)CCO3)CC(c3ccnc(NC(=O)[C@@H]4CCNC4)n3)=N2)CCO1. The lowest BCUT2D eigenvalue weighted by Crippen LogP contribution is -2.43. The number of carbonyl (C=O) groups is 2. The molecule has 61 heavy (non-hydrogen) atoms. The van der Waals surface area contributed by atoms with E-state index in [2.05, 4.69) is 68.7 Å². The van der Waals surface area contributed by atoms with Crippen LogP contribution in [-0.4, -0.2) is 114 Å². The largest absolute Gasteiger partial charge is 0.376 e. The van der Waals surface area contributed by atoms with E-state index in [4.69, 9.17) is 29.4 Å². The summed E-state index contributed by atoms with van der Waals surface area (Å²) in [4.78, 5) is 54.2. The van der Waals surface area contributed by atoms with Gasteiger partial charge in [0.25, 0.3) is 0 Å². The minimum atomic E-state index is -0.343. The van der Waals surface area contributed by atoms with Crippen molar-refractivity contribution < 1.29 is 19.1 Å². The van der Waals surface area contributed by atoms with Gasteiger partial charge in [0.1, 0.15) is 11.6 Å². The van der Waals surface area contributed by atoms with Crippen molar-refractivity contribution in [2.75, 3.05) is 69.7 Å². The fourth-order valence-electron chi connectivity index (χ4n) is 9.69. The minimum Gasteiger partial charge on any atom is -0.376 e. The molecule has 2 amide bonds. The smallest absolute Gasteiger partial charge is 0.231 e. The van der Waals surface area contributed by atoms with Crippen molar-refractivity contribution in [1.82, 2.24) is 36.2 Å². The standard InChI is InChI=1S/C45H64N12O4/c1-44(2)22-29(12-18-60-44)25-51-39-21-31(20-37(53-39)36-11-17-49-43(55-36)57-41(59)33-9-15-47-28-33)24-45(3)23-30(13-19-61-45)26-50-38-8-4-7-34(52-38)35-10-16-48-42(54-35)56-40(58)32-6-5-14-46-27-32/h4,7-8,11,17,21,29-33,46-47,51H,5-6,9-10,12-16,18-20,22-28H2,1-3H3,(H,50,52)(H,48,56,58)(H,49,55,57,59)/t29?,30?,31?,32-,33-,45?/m1/s1. The topological polar surface area (TPSA) is 201 Å². The maximum Gasteiger partial charge on any atom is 0.231 e. The summed E-state index contributed by atoms with van der Waals surface area (Å²) in [6.45, 7) is 13.3. The lowest BCUT2D eigenvalue weighted by molar-refractivity contribution is -0.124. The number of nitrogens with zero attached hydrogens (tertiary/aromatic N) is 6. The number of pyridine rings is 1. The molecule has 6 N–H and O–H groups in total. The van der Waals surface area contributed by atoms with Crippen molar-refractivity contribution in [3.63, 3.8) is 0 Å². The Morgan fingerprint density at radius 3 is 2.39 bits per heavy atom. The van der Waals surface area contributed by atoms with Gasteiger partial charge in [0, 0.05) is 58.6 Å². The number of carbonyl (C=O) groups excluding carboxylic acids is 2. The molecule has 8 rings (SSSR count). The van der Waals surface area contributed by atoms with Crippen LogP contribution in [0.2, 0.25) is 0 Å². The average Bonchev–Trinajstić information content (AvgIpc) is 3.81. The van der Waals surface area contributed by atoms with Gasteiger partial charge in [0.05, 0.1) is 45.8 Å². The summed E-state index contributed by atoms with van der Waals surface area (Å²) in [7, 11) is 0. The minimum absolute atomic E-state index is 0.0263. The normalized spacial score (nSPS) is 29.0. The Morgan fingerprint density at radius 1 is 0.820 bits per heavy atom. The van der Waals surface area contributed by atoms with E-state index >= 15 is 0 Å². The number of amides is 2. The maximum atomic E-state index is 12.9. The first kappa shape index (κ1) is 43.0. The second kappa shape index (κ2) is 19.6. The molecule has 6 atom stereocenters. The Labute approximate surface area is 359 Å². The first-order valence-corrected chi connectivity index (χ1v) is 22.6. The van der Waals surface area contributed by atoms with Crippen molar-refractivity contribution in [2.24, 2.45) is 44.6 Å². The van der Waals surface area contributed by atoms with Gasteiger partial charge in [0.15, 0.2) is 0 Å². The molecule has 0 aromatic carbocycles. The number of anilines is 2. The zero-order valence-electron chi connectivity index (χ0n) is 36.1. The van der Waals surface area contributed by atoms with Crippen LogP contribution in [0.4, 0.5) is 11.8 Å². The van der Waals surface area contributed by atoms with Gasteiger partial charge in [-0.15, -0.1) is 0 Å². The van der Waals surface area contributed by atoms with Crippen LogP contribution in [0.15, 0.2) is 57.3 Å². The van der Waals surface area contributed by atoms with Crippen molar-refractivity contribution in [3.8, 4) is 0 Å². The van der Waals surface area contributed by atoms with E-state index in [-0.39, 0.29) is 40.8 Å². The third kappa shape index (κ3) is 11.8. The van der Waals surface area contributed by atoms with Gasteiger partial charge in [-0.1, -0.05) is 6.07 Å². The first-order chi connectivity index (χ1) is 29.5. The van der Waals surface area contributed by atoms with Crippen LogP contribution in [0.3, 0.4) is 0 Å². The average molecular weight is 837 g/mol. The van der Waals surface area contributed by atoms with Crippen molar-refractivity contribution in [3.05, 3.63) is 53.7 Å². The number of hydrogen-bond donors (Lipinski definition) is 6. The number of rotatable bonds is 13. The van der Waals surface area contributed by atoms with Gasteiger partial charge < -0.3 is 30.7 Å². The van der Waals surface area contributed by atoms with Gasteiger partial charge >= 0.3 is 0 Å². The molecule has 0 bridgehead atoms. The Balaban J connectivity index is 0.905. The zero-order chi connectivity index (χ0) is 42.2. The Bertz CT molecular complexity index is 2010. The van der Waals surface area contributed by atoms with Crippen LogP contribution in [0.5, 0.6) is 0 Å². The lowest BCUT2D eigenvalue weighted by Gasteiger charge is -2.40. The van der Waals surface area contributed by atoms with Gasteiger partial charge in [-0.3, -0.25) is 25.2 Å². The number of ether oxygens (including phenoxy) is 2. The molecule has 4 saturated heterocycles. The third-order valence-corrected chi connectivity index (χ3v) is 12.9. The summed E-state index contributed by atoms with van der Waals surface area (Å²) in [6, 6.07) is 7.86. The van der Waals surface area contributed by atoms with E-state index in [1.54, 1.807) is 6.20 Å². The highest BCUT2D eigenvalue weighted by Crippen LogP contribution is 2.38. The monoisotopic (exact) mass is 837 g/mol. The van der Waals surface area contributed by atoms with Gasteiger partial charge in [-0.2, -0.15) is 0 Å². The predicted molar refractivity (Wildman–Crippen MR) is 237 cm³/mol. The third-order valence-electron chi connectivity index (χ3n) is 12.9. The zero-order valence-corrected chi connectivity index (χ0v) is 36.1. The lowest BCUT2D eigenvalue weighted by atomic mass is 9.79. The van der Waals surface area contributed by atoms with Crippen LogP contribution in [0.25, 0.3) is 0 Å². The molecule has 4 fully saturated rings. The summed E-state index contributed by atoms with van der Waals surface area (Å²) in [6.07, 6.45) is 12.7. The van der Waals surface area contributed by atoms with E-state index in [9.17, 15) is 9.59 Å². The van der Waals surface area contributed by atoms with Crippen LogP contribution in [0.1, 0.15) is 96.4 Å². The fourth-order valence-corrected chi connectivity index (χ4v) is 9.69. The number of piperidine rings is 1. The molecule has 2 aromatic heterocycles. The summed E-state index contributed by atoms with van der Waals surface area (Å²) >= 11 is 0. The number of aliphatic imine (C=N–C) groups is 3. The number of guanidine groups is 1. The first-order valence-electron chi connectivity index (χ1n) is 22.6. The molecule has 4 unspecified atom stereocenters. The van der Waals surface area contributed by atoms with Gasteiger partial charge in [-0.05, 0) is 134 Å². The molecule has 2 aromatic rings. The fraction of sp³-hybridized carbons (Fsp3) is 0.644. The van der Waals surface area contributed by atoms with E-state index in [0.717, 1.165) is 119 Å². The molecule has 0 radical (unpaired) electrons. The summed E-state index contributed by atoms with van der Waals surface area (Å²) < 4.78 is 12.6. The van der Waals surface area contributed by atoms with Gasteiger partial charge in [-0.25, -0.2) is 24.9 Å². The molecule has 0 saturated carbocycles. The quantitative estimate of drug-likeness (QED) is 0.169. The summed E-state index contributed by atoms with van der Waals surface area (Å²) in [5.74, 6) is 3.13. The summed E-state index contributed by atoms with van der Waals surface area (Å²) in [5, 5.41) is 19.8. The predicted octanol–water partition coefficient (Wildman–Crippen LogP) is 4.22. The highest BCUT2D eigenvalue weighted by Gasteiger charge is 2.37. The van der Waals surface area contributed by atoms with E-state index in [1.807, 2.05) is 24.3 Å². The molecule has 0 aliphatic carbocycles. The Kier molecular flexibility index (Phi) is 13.8. The molecular weight excluding hydrogens is 773 g/mol. The molecular formula is C45H64N12O4. The van der Waals surface area contributed by atoms with E-state index in [0.29, 0.717) is 62.8 Å². The number of allylic oxidation sites excluding steroid dienone is 1. The van der Waals surface area contributed by atoms with Crippen molar-refractivity contribution in [1.29, 1.82) is 0 Å². The van der Waals surface area contributed by atoms with Crippen LogP contribution in [-0.2, 0) is 19.1 Å². The highest BCUT2D eigenvalue weighted by molar-refractivity contribution is 6.10. The molecule has 0 spiro atoms. The highest BCUT2D eigenvalue weighted by atomic mass is 16.5. The van der Waals surface area contributed by atoms with Gasteiger partial charge in [0.2, 0.25) is 23.7 Å². The number of aromatic nitrogens is 3. The molecule has 6 aliphatic rings. The van der Waals surface area contributed by atoms with Crippen molar-refractivity contribution in [2.45, 2.75) is 96.2 Å². The van der Waals surface area contributed by atoms with Crippen LogP contribution < -0.4 is 31.9 Å². The second-order valence-corrected chi connectivity index (χ2v) is 18.6. The van der Waals surface area contributed by atoms with E-state index in [1.165, 1.54) is 0 Å². The molecule has 328 valence electrons. The molecule has 16 nitrogen and oxygen atoms in total. The van der Waals surface area contributed by atoms with Crippen LogP contribution >= 0.6 is 0 Å². The number of nitrogens with one attached hydrogen (secondary N) is 6. The molecule has 16 heteroatoms. The Hall–Kier alpha value is -4.64. The maximum absolute atomic E-state index is 12.9. The molecule has 6 aliphatic heterocycles. The second-order valence-electron chi connectivity index (χ2n) is 18.6. The summed E-state index contributed by atoms with van der Waals surface area (Å²) in [5.41, 5.74) is 2.73. The molecule has 8 heterocycles. The van der Waals surface area contributed by atoms with E-state index < -0.39 is 0 Å².